The van der Waals surface area contributed by atoms with E-state index in [1.807, 2.05) is 13.8 Å². The summed E-state index contributed by atoms with van der Waals surface area (Å²) in [6, 6.07) is 0. The van der Waals surface area contributed by atoms with Crippen LogP contribution >= 0.6 is 0 Å². The molecule has 0 bridgehead atoms. The normalized spacial score (nSPS) is 30.7. The van der Waals surface area contributed by atoms with E-state index in [0.717, 1.165) is 18.4 Å². The van der Waals surface area contributed by atoms with Gasteiger partial charge in [-0.1, -0.05) is 44.1 Å². The molecule has 1 aliphatic heterocycles. The summed E-state index contributed by atoms with van der Waals surface area (Å²) in [4.78, 5) is 12.3. The fourth-order valence-electron chi connectivity index (χ4n) is 4.24. The molecule has 0 unspecified atom stereocenters. The van der Waals surface area contributed by atoms with Crippen molar-refractivity contribution in [2.75, 3.05) is 0 Å². The van der Waals surface area contributed by atoms with Gasteiger partial charge in [0.1, 0.15) is 6.10 Å². The highest BCUT2D eigenvalue weighted by atomic mass is 16.5. The zero-order valence-electron chi connectivity index (χ0n) is 19.8. The van der Waals surface area contributed by atoms with Crippen molar-refractivity contribution in [3.8, 4) is 0 Å². The lowest BCUT2D eigenvalue weighted by atomic mass is 9.89. The van der Waals surface area contributed by atoms with Gasteiger partial charge in [0.15, 0.2) is 0 Å². The summed E-state index contributed by atoms with van der Waals surface area (Å²) in [5.41, 5.74) is 2.37. The molecule has 1 rings (SSSR count). The van der Waals surface area contributed by atoms with Crippen molar-refractivity contribution in [2.24, 2.45) is 17.8 Å². The first kappa shape index (κ1) is 26.9. The average Bonchev–Trinajstić information content (AvgIpc) is 2.63. The summed E-state index contributed by atoms with van der Waals surface area (Å²) in [7, 11) is 0. The molecule has 5 heteroatoms. The van der Waals surface area contributed by atoms with E-state index in [0.29, 0.717) is 32.1 Å². The number of allylic oxidation sites excluding steroid dienone is 2. The zero-order chi connectivity index (χ0) is 22.8. The third-order valence-electron chi connectivity index (χ3n) is 6.18. The minimum absolute atomic E-state index is 0.0410. The van der Waals surface area contributed by atoms with E-state index in [4.69, 9.17) is 4.74 Å². The molecule has 0 aliphatic carbocycles. The summed E-state index contributed by atoms with van der Waals surface area (Å²) in [5.74, 6) is 0.106. The molecule has 3 N–H and O–H groups in total. The van der Waals surface area contributed by atoms with Gasteiger partial charge in [-0.3, -0.25) is 4.79 Å². The molecule has 0 amide bonds. The molecule has 5 nitrogen and oxygen atoms in total. The van der Waals surface area contributed by atoms with Gasteiger partial charge in [0.25, 0.3) is 0 Å². The first-order valence-electron chi connectivity index (χ1n) is 11.6. The smallest absolute Gasteiger partial charge is 0.306 e. The topological polar surface area (TPSA) is 87.0 Å². The largest absolute Gasteiger partial charge is 0.462 e. The Morgan fingerprint density at radius 3 is 2.60 bits per heavy atom. The molecule has 0 aromatic rings. The first-order valence-corrected chi connectivity index (χ1v) is 11.6. The Morgan fingerprint density at radius 1 is 1.30 bits per heavy atom. The fraction of sp³-hybridized carbons (Fsp3) is 0.800. The Balaban J connectivity index is 2.82. The number of hydrogen-bond acceptors (Lipinski definition) is 5. The van der Waals surface area contributed by atoms with Crippen LogP contribution in [0, 0.1) is 17.8 Å². The molecule has 0 aromatic heterocycles. The van der Waals surface area contributed by atoms with Crippen LogP contribution in [0.15, 0.2) is 23.3 Å². The fourth-order valence-corrected chi connectivity index (χ4v) is 4.24. The van der Waals surface area contributed by atoms with Gasteiger partial charge in [0, 0.05) is 18.8 Å². The second kappa shape index (κ2) is 13.3. The van der Waals surface area contributed by atoms with Gasteiger partial charge in [-0.2, -0.15) is 0 Å². The van der Waals surface area contributed by atoms with E-state index in [2.05, 4.69) is 32.9 Å². The van der Waals surface area contributed by atoms with Crippen molar-refractivity contribution >= 4 is 5.97 Å². The van der Waals surface area contributed by atoms with Crippen LogP contribution in [0.5, 0.6) is 0 Å². The molecule has 0 spiro atoms. The summed E-state index contributed by atoms with van der Waals surface area (Å²) in [5, 5.41) is 29.9. The van der Waals surface area contributed by atoms with Gasteiger partial charge in [-0.05, 0) is 64.7 Å². The number of carbonyl (C=O) groups excluding carboxylic acids is 1. The third-order valence-corrected chi connectivity index (χ3v) is 6.18. The van der Waals surface area contributed by atoms with Crippen LogP contribution in [-0.2, 0) is 9.53 Å². The maximum atomic E-state index is 12.3. The monoisotopic (exact) mass is 424 g/mol. The molecule has 0 aromatic carbocycles. The molecule has 7 atom stereocenters. The van der Waals surface area contributed by atoms with Crippen LogP contribution in [0.2, 0.25) is 0 Å². The number of hydrogen-bond donors (Lipinski definition) is 3. The predicted molar refractivity (Wildman–Crippen MR) is 121 cm³/mol. The summed E-state index contributed by atoms with van der Waals surface area (Å²) >= 11 is 0. The highest BCUT2D eigenvalue weighted by Gasteiger charge is 2.24. The Labute approximate surface area is 183 Å². The standard InChI is InChI=1S/C25H44O5/c1-16-10-11-24(30-25(29)9-7-8-22(27)18(3)12-16)20(5)14-17(2)13-19(4)23(28)15-21(6)26/h10,13,18-24,26-28H,7-9,11-12,14-15H2,1-6H3/b16-10-,17-13+/t18-,19-,20+,21-,22+,23-,24-/m1/s1. The molecular formula is C25H44O5. The lowest BCUT2D eigenvalue weighted by Crippen LogP contribution is -2.26. The second-order valence-electron chi connectivity index (χ2n) is 9.66. The number of rotatable bonds is 7. The SMILES string of the molecule is C/C1=C/C[C@H]([C@@H](C)C/C(C)=C/[C@@H](C)[C@H](O)C[C@@H](C)O)OC(=O)CCC[C@H](O)[C@H](C)C1. The number of aliphatic hydroxyl groups excluding tert-OH is 3. The van der Waals surface area contributed by atoms with E-state index in [9.17, 15) is 20.1 Å². The zero-order valence-corrected chi connectivity index (χ0v) is 19.8. The molecular weight excluding hydrogens is 380 g/mol. The molecule has 0 radical (unpaired) electrons. The maximum absolute atomic E-state index is 12.3. The molecule has 30 heavy (non-hydrogen) atoms. The maximum Gasteiger partial charge on any atom is 0.306 e. The highest BCUT2D eigenvalue weighted by molar-refractivity contribution is 5.69. The second-order valence-corrected chi connectivity index (χ2v) is 9.66. The van der Waals surface area contributed by atoms with Gasteiger partial charge in [-0.15, -0.1) is 0 Å². The van der Waals surface area contributed by atoms with Crippen LogP contribution in [0.3, 0.4) is 0 Å². The lowest BCUT2D eigenvalue weighted by Gasteiger charge is -2.26. The van der Waals surface area contributed by atoms with Crippen LogP contribution in [-0.4, -0.2) is 45.7 Å². The number of cyclic esters (lactones) is 1. The third kappa shape index (κ3) is 10.2. The summed E-state index contributed by atoms with van der Waals surface area (Å²) < 4.78 is 5.83. The lowest BCUT2D eigenvalue weighted by molar-refractivity contribution is -0.151. The van der Waals surface area contributed by atoms with Gasteiger partial charge in [-0.25, -0.2) is 0 Å². The molecule has 174 valence electrons. The van der Waals surface area contributed by atoms with Crippen molar-refractivity contribution in [1.82, 2.24) is 0 Å². The van der Waals surface area contributed by atoms with Crippen molar-refractivity contribution in [1.29, 1.82) is 0 Å². The van der Waals surface area contributed by atoms with Crippen molar-refractivity contribution in [3.05, 3.63) is 23.3 Å². The van der Waals surface area contributed by atoms with Gasteiger partial charge < -0.3 is 20.1 Å². The average molecular weight is 425 g/mol. The summed E-state index contributed by atoms with van der Waals surface area (Å²) in [6.07, 6.45) is 6.83. The van der Waals surface area contributed by atoms with E-state index >= 15 is 0 Å². The first-order chi connectivity index (χ1) is 14.0. The molecule has 0 fully saturated rings. The predicted octanol–water partition coefficient (Wildman–Crippen LogP) is 4.55. The van der Waals surface area contributed by atoms with Crippen molar-refractivity contribution in [2.45, 2.75) is 111 Å². The van der Waals surface area contributed by atoms with Crippen LogP contribution in [0.25, 0.3) is 0 Å². The van der Waals surface area contributed by atoms with Crippen LogP contribution in [0.1, 0.15) is 86.5 Å². The van der Waals surface area contributed by atoms with Gasteiger partial charge in [0.2, 0.25) is 0 Å². The van der Waals surface area contributed by atoms with Crippen LogP contribution in [0.4, 0.5) is 0 Å². The van der Waals surface area contributed by atoms with Crippen molar-refractivity contribution < 1.29 is 24.9 Å². The Kier molecular flexibility index (Phi) is 11.9. The molecule has 1 aliphatic rings. The number of esters is 1. The van der Waals surface area contributed by atoms with Crippen LogP contribution < -0.4 is 0 Å². The highest BCUT2D eigenvalue weighted by Crippen LogP contribution is 2.26. The van der Waals surface area contributed by atoms with E-state index in [1.54, 1.807) is 6.92 Å². The minimum Gasteiger partial charge on any atom is -0.462 e. The number of aliphatic hydroxyl groups is 3. The quantitative estimate of drug-likeness (QED) is 0.412. The van der Waals surface area contributed by atoms with E-state index < -0.39 is 12.2 Å². The van der Waals surface area contributed by atoms with Gasteiger partial charge in [0.05, 0.1) is 18.3 Å². The summed E-state index contributed by atoms with van der Waals surface area (Å²) in [6.45, 7) is 11.9. The Bertz CT molecular complexity index is 580. The van der Waals surface area contributed by atoms with E-state index in [-0.39, 0.29) is 35.9 Å². The van der Waals surface area contributed by atoms with E-state index in [1.165, 1.54) is 5.57 Å². The minimum atomic E-state index is -0.572. The molecule has 0 saturated heterocycles. The Morgan fingerprint density at radius 2 is 1.97 bits per heavy atom. The van der Waals surface area contributed by atoms with Gasteiger partial charge >= 0.3 is 5.97 Å². The number of carbonyl (C=O) groups is 1. The number of ether oxygens (including phenoxy) is 1. The molecule has 1 heterocycles. The molecule has 0 saturated carbocycles. The Hall–Kier alpha value is -1.17. The van der Waals surface area contributed by atoms with Crippen molar-refractivity contribution in [3.63, 3.8) is 0 Å².